The molecule has 0 aliphatic rings. The van der Waals surface area contributed by atoms with Crippen LogP contribution in [0.1, 0.15) is 11.1 Å². The van der Waals surface area contributed by atoms with Crippen LogP contribution in [0.4, 0.5) is 0 Å². The Morgan fingerprint density at radius 3 is 2.62 bits per heavy atom. The molecular formula is C15H11N3O2S. The van der Waals surface area contributed by atoms with Gasteiger partial charge in [0.2, 0.25) is 0 Å². The van der Waals surface area contributed by atoms with Gasteiger partial charge < -0.3 is 0 Å². The van der Waals surface area contributed by atoms with Crippen molar-refractivity contribution < 1.29 is 8.42 Å². The zero-order valence-electron chi connectivity index (χ0n) is 11.2. The topological polar surface area (TPSA) is 75.8 Å². The molecule has 0 saturated heterocycles. The number of pyridine rings is 1. The average Bonchev–Trinajstić information content (AvgIpc) is 2.86. The Morgan fingerprint density at radius 1 is 1.24 bits per heavy atom. The summed E-state index contributed by atoms with van der Waals surface area (Å²) in [6, 6.07) is 11.8. The first kappa shape index (κ1) is 13.3. The minimum atomic E-state index is -3.75. The molecule has 0 aliphatic carbocycles. The number of benzene rings is 1. The van der Waals surface area contributed by atoms with E-state index in [1.54, 1.807) is 30.5 Å². The second-order valence-corrected chi connectivity index (χ2v) is 6.46. The van der Waals surface area contributed by atoms with Crippen molar-refractivity contribution in [2.75, 3.05) is 0 Å². The van der Waals surface area contributed by atoms with E-state index >= 15 is 0 Å². The molecule has 0 unspecified atom stereocenters. The van der Waals surface area contributed by atoms with Crippen LogP contribution in [-0.4, -0.2) is 17.4 Å². The molecule has 0 atom stereocenters. The highest BCUT2D eigenvalue weighted by atomic mass is 32.2. The van der Waals surface area contributed by atoms with Crippen molar-refractivity contribution in [2.45, 2.75) is 11.8 Å². The van der Waals surface area contributed by atoms with Crippen molar-refractivity contribution in [3.63, 3.8) is 0 Å². The van der Waals surface area contributed by atoms with Crippen molar-refractivity contribution in [1.82, 2.24) is 8.96 Å². The first-order chi connectivity index (χ1) is 10.0. The van der Waals surface area contributed by atoms with Crippen molar-refractivity contribution in [3.8, 4) is 6.07 Å². The number of fused-ring (bicyclic) bond motifs is 1. The Kier molecular flexibility index (Phi) is 3.00. The minimum absolute atomic E-state index is 0.174. The third-order valence-corrected chi connectivity index (χ3v) is 4.85. The molecule has 0 aliphatic heterocycles. The van der Waals surface area contributed by atoms with Gasteiger partial charge in [0.05, 0.1) is 16.0 Å². The zero-order chi connectivity index (χ0) is 15.0. The highest BCUT2D eigenvalue weighted by Crippen LogP contribution is 2.24. The molecule has 2 aromatic heterocycles. The van der Waals surface area contributed by atoms with E-state index in [4.69, 9.17) is 5.26 Å². The van der Waals surface area contributed by atoms with E-state index in [1.807, 2.05) is 13.0 Å². The van der Waals surface area contributed by atoms with E-state index in [-0.39, 0.29) is 10.5 Å². The van der Waals surface area contributed by atoms with E-state index in [0.717, 1.165) is 9.54 Å². The van der Waals surface area contributed by atoms with Gasteiger partial charge >= 0.3 is 0 Å². The minimum Gasteiger partial charge on any atom is -0.253 e. The number of aryl methyl sites for hydroxylation is 1. The third kappa shape index (κ3) is 2.08. The number of hydrogen-bond acceptors (Lipinski definition) is 4. The molecule has 21 heavy (non-hydrogen) atoms. The first-order valence-corrected chi connectivity index (χ1v) is 7.66. The summed E-state index contributed by atoms with van der Waals surface area (Å²) in [4.78, 5) is 4.35. The molecule has 0 radical (unpaired) electrons. The monoisotopic (exact) mass is 297 g/mol. The summed E-state index contributed by atoms with van der Waals surface area (Å²) in [5.74, 6) is 0. The van der Waals surface area contributed by atoms with Gasteiger partial charge in [-0.25, -0.2) is 12.4 Å². The van der Waals surface area contributed by atoms with Crippen LogP contribution in [0.2, 0.25) is 0 Å². The van der Waals surface area contributed by atoms with Gasteiger partial charge in [-0.2, -0.15) is 5.26 Å². The number of aromatic nitrogens is 2. The number of nitriles is 1. The Hall–Kier alpha value is -2.65. The van der Waals surface area contributed by atoms with E-state index in [1.165, 1.54) is 18.3 Å². The van der Waals surface area contributed by atoms with Gasteiger partial charge in [-0.3, -0.25) is 4.98 Å². The van der Waals surface area contributed by atoms with Gasteiger partial charge in [0, 0.05) is 12.4 Å². The SMILES string of the molecule is Cc1cnc2c(C#N)cn(S(=O)(=O)c3ccccc3)c2c1. The second-order valence-electron chi connectivity index (χ2n) is 4.65. The molecule has 0 amide bonds. The van der Waals surface area contributed by atoms with Crippen molar-refractivity contribution >= 4 is 21.1 Å². The molecule has 104 valence electrons. The van der Waals surface area contributed by atoms with Crippen LogP contribution in [-0.2, 0) is 10.0 Å². The molecule has 0 spiro atoms. The molecule has 0 saturated carbocycles. The van der Waals surface area contributed by atoms with Crippen LogP contribution in [0, 0.1) is 18.3 Å². The second kappa shape index (κ2) is 4.72. The van der Waals surface area contributed by atoms with Gasteiger partial charge in [0.25, 0.3) is 10.0 Å². The van der Waals surface area contributed by atoms with Crippen molar-refractivity contribution in [1.29, 1.82) is 5.26 Å². The lowest BCUT2D eigenvalue weighted by Crippen LogP contribution is -2.11. The maximum Gasteiger partial charge on any atom is 0.268 e. The fourth-order valence-corrected chi connectivity index (χ4v) is 3.53. The Bertz CT molecular complexity index is 967. The summed E-state index contributed by atoms with van der Waals surface area (Å²) >= 11 is 0. The highest BCUT2D eigenvalue weighted by molar-refractivity contribution is 7.90. The molecule has 0 N–H and O–H groups in total. The highest BCUT2D eigenvalue weighted by Gasteiger charge is 2.21. The van der Waals surface area contributed by atoms with Crippen LogP contribution in [0.25, 0.3) is 11.0 Å². The van der Waals surface area contributed by atoms with Crippen LogP contribution in [0.5, 0.6) is 0 Å². The zero-order valence-corrected chi connectivity index (χ0v) is 12.0. The molecule has 3 rings (SSSR count). The maximum absolute atomic E-state index is 12.7. The van der Waals surface area contributed by atoms with E-state index in [0.29, 0.717) is 11.0 Å². The molecule has 0 fully saturated rings. The summed E-state index contributed by atoms with van der Waals surface area (Å²) in [6.45, 7) is 1.82. The van der Waals surface area contributed by atoms with Crippen LogP contribution in [0.3, 0.4) is 0 Å². The van der Waals surface area contributed by atoms with Crippen molar-refractivity contribution in [3.05, 3.63) is 59.9 Å². The van der Waals surface area contributed by atoms with Gasteiger partial charge in [0.1, 0.15) is 11.6 Å². The first-order valence-electron chi connectivity index (χ1n) is 6.22. The third-order valence-electron chi connectivity index (χ3n) is 3.16. The van der Waals surface area contributed by atoms with Gasteiger partial charge in [-0.1, -0.05) is 18.2 Å². The van der Waals surface area contributed by atoms with Crippen LogP contribution >= 0.6 is 0 Å². The van der Waals surface area contributed by atoms with E-state index in [9.17, 15) is 8.42 Å². The predicted molar refractivity (Wildman–Crippen MR) is 78.2 cm³/mol. The van der Waals surface area contributed by atoms with Gasteiger partial charge in [-0.15, -0.1) is 0 Å². The van der Waals surface area contributed by atoms with Gasteiger partial charge in [0.15, 0.2) is 0 Å². The van der Waals surface area contributed by atoms with Crippen molar-refractivity contribution in [2.24, 2.45) is 0 Å². The number of rotatable bonds is 2. The van der Waals surface area contributed by atoms with Gasteiger partial charge in [-0.05, 0) is 30.7 Å². The lowest BCUT2D eigenvalue weighted by atomic mass is 10.2. The fourth-order valence-electron chi connectivity index (χ4n) is 2.16. The number of nitrogens with zero attached hydrogens (tertiary/aromatic N) is 3. The quantitative estimate of drug-likeness (QED) is 0.728. The Morgan fingerprint density at radius 2 is 1.95 bits per heavy atom. The lowest BCUT2D eigenvalue weighted by Gasteiger charge is -2.07. The Balaban J connectivity index is 2.36. The van der Waals surface area contributed by atoms with Crippen LogP contribution < -0.4 is 0 Å². The fraction of sp³-hybridized carbons (Fsp3) is 0.0667. The molecule has 1 aromatic carbocycles. The lowest BCUT2D eigenvalue weighted by molar-refractivity contribution is 0.589. The molecular weight excluding hydrogens is 286 g/mol. The summed E-state index contributed by atoms with van der Waals surface area (Å²) in [7, 11) is -3.75. The summed E-state index contributed by atoms with van der Waals surface area (Å²) in [5.41, 5.74) is 1.87. The molecule has 6 heteroatoms. The standard InChI is InChI=1S/C15H11N3O2S/c1-11-7-14-15(17-9-11)12(8-16)10-18(14)21(19,20)13-5-3-2-4-6-13/h2-7,9-10H,1H3. The average molecular weight is 297 g/mol. The summed E-state index contributed by atoms with van der Waals surface area (Å²) < 4.78 is 26.5. The van der Waals surface area contributed by atoms with E-state index < -0.39 is 10.0 Å². The largest absolute Gasteiger partial charge is 0.268 e. The Labute approximate surface area is 122 Å². The molecule has 3 aromatic rings. The normalized spacial score (nSPS) is 11.4. The predicted octanol–water partition coefficient (Wildman–Crippen LogP) is 2.45. The summed E-state index contributed by atoms with van der Waals surface area (Å²) in [5, 5.41) is 9.16. The summed E-state index contributed by atoms with van der Waals surface area (Å²) in [6.07, 6.45) is 2.93. The molecule has 5 nitrogen and oxygen atoms in total. The van der Waals surface area contributed by atoms with E-state index in [2.05, 4.69) is 4.98 Å². The molecule has 2 heterocycles. The smallest absolute Gasteiger partial charge is 0.253 e. The maximum atomic E-state index is 12.7. The number of hydrogen-bond donors (Lipinski definition) is 0. The van der Waals surface area contributed by atoms with Crippen LogP contribution in [0.15, 0.2) is 53.7 Å². The molecule has 0 bridgehead atoms.